The van der Waals surface area contributed by atoms with Gasteiger partial charge in [-0.3, -0.25) is 0 Å². The summed E-state index contributed by atoms with van der Waals surface area (Å²) < 4.78 is 2.19. The summed E-state index contributed by atoms with van der Waals surface area (Å²) in [5.41, 5.74) is 0. The Morgan fingerprint density at radius 2 is 2.29 bits per heavy atom. The second kappa shape index (κ2) is 4.60. The Labute approximate surface area is 85.5 Å². The van der Waals surface area contributed by atoms with E-state index in [0.717, 1.165) is 18.4 Å². The quantitative estimate of drug-likeness (QED) is 0.788. The average Bonchev–Trinajstić information content (AvgIpc) is 2.72. The molecule has 0 amide bonds. The van der Waals surface area contributed by atoms with Crippen molar-refractivity contribution >= 4 is 0 Å². The van der Waals surface area contributed by atoms with E-state index in [4.69, 9.17) is 0 Å². The molecule has 78 valence electrons. The molecular formula is C11H19N3. The van der Waals surface area contributed by atoms with Crippen LogP contribution in [-0.2, 0) is 6.54 Å². The van der Waals surface area contributed by atoms with Crippen LogP contribution in [0.2, 0.25) is 0 Å². The van der Waals surface area contributed by atoms with Crippen molar-refractivity contribution in [1.82, 2.24) is 14.9 Å². The highest BCUT2D eigenvalue weighted by molar-refractivity contribution is 4.78. The van der Waals surface area contributed by atoms with Gasteiger partial charge in [-0.1, -0.05) is 6.92 Å². The van der Waals surface area contributed by atoms with Crippen LogP contribution in [-0.4, -0.2) is 22.6 Å². The van der Waals surface area contributed by atoms with Crippen molar-refractivity contribution in [2.45, 2.75) is 26.3 Å². The van der Waals surface area contributed by atoms with Crippen molar-refractivity contribution in [1.29, 1.82) is 0 Å². The fourth-order valence-electron chi connectivity index (χ4n) is 2.29. The molecule has 1 fully saturated rings. The Morgan fingerprint density at radius 1 is 1.50 bits per heavy atom. The topological polar surface area (TPSA) is 29.9 Å². The van der Waals surface area contributed by atoms with E-state index in [1.807, 2.05) is 12.5 Å². The van der Waals surface area contributed by atoms with Crippen LogP contribution in [0.1, 0.15) is 19.8 Å². The summed E-state index contributed by atoms with van der Waals surface area (Å²) in [4.78, 5) is 4.07. The molecule has 1 N–H and O–H groups in total. The van der Waals surface area contributed by atoms with Crippen LogP contribution in [0.15, 0.2) is 18.7 Å². The molecule has 0 saturated carbocycles. The minimum Gasteiger partial charge on any atom is -0.337 e. The standard InChI is InChI=1S/C11H19N3/c1-10(8-14-7-6-13-9-14)11-2-4-12-5-3-11/h6-7,9-12H,2-5,8H2,1H3. The van der Waals surface area contributed by atoms with Crippen LogP contribution >= 0.6 is 0 Å². The Kier molecular flexibility index (Phi) is 3.19. The number of hydrogen-bond acceptors (Lipinski definition) is 2. The highest BCUT2D eigenvalue weighted by atomic mass is 15.0. The molecule has 1 aromatic rings. The number of rotatable bonds is 3. The maximum Gasteiger partial charge on any atom is 0.0945 e. The molecule has 0 aliphatic carbocycles. The Bertz CT molecular complexity index is 250. The number of nitrogens with one attached hydrogen (secondary N) is 1. The van der Waals surface area contributed by atoms with Gasteiger partial charge in [0, 0.05) is 18.9 Å². The molecule has 1 unspecified atom stereocenters. The molecular weight excluding hydrogens is 174 g/mol. The predicted molar refractivity (Wildman–Crippen MR) is 57.0 cm³/mol. The molecule has 3 nitrogen and oxygen atoms in total. The third-order valence-electron chi connectivity index (χ3n) is 3.25. The first-order valence-electron chi connectivity index (χ1n) is 5.52. The SMILES string of the molecule is CC(Cn1ccnc1)C1CCNCC1. The molecule has 1 aromatic heterocycles. The highest BCUT2D eigenvalue weighted by Gasteiger charge is 2.19. The van der Waals surface area contributed by atoms with Gasteiger partial charge in [-0.05, 0) is 37.8 Å². The Morgan fingerprint density at radius 3 is 2.93 bits per heavy atom. The van der Waals surface area contributed by atoms with Gasteiger partial charge in [0.05, 0.1) is 6.33 Å². The first-order valence-corrected chi connectivity index (χ1v) is 5.52. The second-order valence-electron chi connectivity index (χ2n) is 4.32. The largest absolute Gasteiger partial charge is 0.337 e. The molecule has 0 aromatic carbocycles. The summed E-state index contributed by atoms with van der Waals surface area (Å²) in [5, 5.41) is 3.41. The molecule has 0 radical (unpaired) electrons. The molecule has 1 aliphatic heterocycles. The van der Waals surface area contributed by atoms with Gasteiger partial charge in [0.15, 0.2) is 0 Å². The lowest BCUT2D eigenvalue weighted by atomic mass is 9.86. The lowest BCUT2D eigenvalue weighted by molar-refractivity contribution is 0.251. The minimum absolute atomic E-state index is 0.770. The average molecular weight is 193 g/mol. The second-order valence-corrected chi connectivity index (χ2v) is 4.32. The zero-order chi connectivity index (χ0) is 9.80. The fourth-order valence-corrected chi connectivity index (χ4v) is 2.29. The van der Waals surface area contributed by atoms with Crippen molar-refractivity contribution in [2.24, 2.45) is 11.8 Å². The zero-order valence-corrected chi connectivity index (χ0v) is 8.82. The Hall–Kier alpha value is -0.830. The summed E-state index contributed by atoms with van der Waals surface area (Å²) in [6.07, 6.45) is 8.48. The van der Waals surface area contributed by atoms with Crippen molar-refractivity contribution in [3.63, 3.8) is 0 Å². The molecule has 1 atom stereocenters. The molecule has 3 heteroatoms. The van der Waals surface area contributed by atoms with Gasteiger partial charge in [0.1, 0.15) is 0 Å². The number of nitrogens with zero attached hydrogens (tertiary/aromatic N) is 2. The van der Waals surface area contributed by atoms with Crippen molar-refractivity contribution < 1.29 is 0 Å². The zero-order valence-electron chi connectivity index (χ0n) is 8.82. The van der Waals surface area contributed by atoms with E-state index in [1.54, 1.807) is 0 Å². The van der Waals surface area contributed by atoms with E-state index < -0.39 is 0 Å². The number of imidazole rings is 1. The van der Waals surface area contributed by atoms with Gasteiger partial charge >= 0.3 is 0 Å². The minimum atomic E-state index is 0.770. The van der Waals surface area contributed by atoms with Gasteiger partial charge in [0.2, 0.25) is 0 Å². The number of aromatic nitrogens is 2. The first kappa shape index (κ1) is 9.71. The van der Waals surface area contributed by atoms with Gasteiger partial charge in [0.25, 0.3) is 0 Å². The summed E-state index contributed by atoms with van der Waals surface area (Å²) in [6, 6.07) is 0. The summed E-state index contributed by atoms with van der Waals surface area (Å²) in [5.74, 6) is 1.66. The third-order valence-corrected chi connectivity index (χ3v) is 3.25. The first-order chi connectivity index (χ1) is 6.86. The molecule has 2 heterocycles. The summed E-state index contributed by atoms with van der Waals surface area (Å²) in [7, 11) is 0. The maximum absolute atomic E-state index is 4.07. The predicted octanol–water partition coefficient (Wildman–Crippen LogP) is 1.52. The molecule has 14 heavy (non-hydrogen) atoms. The number of hydrogen-bond donors (Lipinski definition) is 1. The van der Waals surface area contributed by atoms with E-state index in [-0.39, 0.29) is 0 Å². The molecule has 1 aliphatic rings. The van der Waals surface area contributed by atoms with Crippen LogP contribution in [0, 0.1) is 11.8 Å². The monoisotopic (exact) mass is 193 g/mol. The molecule has 0 spiro atoms. The molecule has 0 bridgehead atoms. The molecule has 1 saturated heterocycles. The van der Waals surface area contributed by atoms with E-state index in [0.29, 0.717) is 0 Å². The normalized spacial score (nSPS) is 20.9. The van der Waals surface area contributed by atoms with E-state index in [2.05, 4.69) is 28.0 Å². The van der Waals surface area contributed by atoms with E-state index in [9.17, 15) is 0 Å². The van der Waals surface area contributed by atoms with Gasteiger partial charge in [-0.25, -0.2) is 4.98 Å². The van der Waals surface area contributed by atoms with Gasteiger partial charge in [-0.15, -0.1) is 0 Å². The lowest BCUT2D eigenvalue weighted by Gasteiger charge is -2.28. The fraction of sp³-hybridized carbons (Fsp3) is 0.727. The highest BCUT2D eigenvalue weighted by Crippen LogP contribution is 2.22. The maximum atomic E-state index is 4.07. The van der Waals surface area contributed by atoms with Crippen molar-refractivity contribution in [2.75, 3.05) is 13.1 Å². The van der Waals surface area contributed by atoms with E-state index >= 15 is 0 Å². The van der Waals surface area contributed by atoms with Crippen molar-refractivity contribution in [3.05, 3.63) is 18.7 Å². The lowest BCUT2D eigenvalue weighted by Crippen LogP contribution is -2.32. The van der Waals surface area contributed by atoms with Gasteiger partial charge in [-0.2, -0.15) is 0 Å². The van der Waals surface area contributed by atoms with Crippen LogP contribution in [0.3, 0.4) is 0 Å². The summed E-state index contributed by atoms with van der Waals surface area (Å²) >= 11 is 0. The van der Waals surface area contributed by atoms with Crippen molar-refractivity contribution in [3.8, 4) is 0 Å². The smallest absolute Gasteiger partial charge is 0.0945 e. The van der Waals surface area contributed by atoms with Crippen LogP contribution in [0.25, 0.3) is 0 Å². The van der Waals surface area contributed by atoms with E-state index in [1.165, 1.54) is 25.9 Å². The summed E-state index contributed by atoms with van der Waals surface area (Å²) in [6.45, 7) is 5.86. The van der Waals surface area contributed by atoms with Gasteiger partial charge < -0.3 is 9.88 Å². The van der Waals surface area contributed by atoms with Crippen LogP contribution in [0.4, 0.5) is 0 Å². The Balaban J connectivity index is 1.85. The third kappa shape index (κ3) is 2.35. The molecule has 2 rings (SSSR count). The number of piperidine rings is 1. The van der Waals surface area contributed by atoms with Crippen LogP contribution in [0.5, 0.6) is 0 Å². The van der Waals surface area contributed by atoms with Crippen LogP contribution < -0.4 is 5.32 Å².